The van der Waals surface area contributed by atoms with E-state index in [1.54, 1.807) is 49.2 Å². The zero-order chi connectivity index (χ0) is 28.7. The Morgan fingerprint density at radius 3 is 2.65 bits per heavy atom. The number of rotatable bonds is 10. The van der Waals surface area contributed by atoms with Crippen LogP contribution in [0, 0.1) is 11.8 Å². The Balaban J connectivity index is 1.49. The number of aliphatic hydroxyl groups excluding tert-OH is 1. The van der Waals surface area contributed by atoms with Gasteiger partial charge in [0.05, 0.1) is 29.6 Å². The average Bonchev–Trinajstić information content (AvgIpc) is 3.25. The summed E-state index contributed by atoms with van der Waals surface area (Å²) in [4.78, 5) is 3.20. The van der Waals surface area contributed by atoms with E-state index in [1.165, 1.54) is 4.57 Å². The second-order valence-corrected chi connectivity index (χ2v) is 10.7. The van der Waals surface area contributed by atoms with Crippen LogP contribution in [0.5, 0.6) is 5.75 Å². The molecule has 1 aliphatic heterocycles. The van der Waals surface area contributed by atoms with Gasteiger partial charge < -0.3 is 35.1 Å². The predicted molar refractivity (Wildman–Crippen MR) is 154 cm³/mol. The van der Waals surface area contributed by atoms with Crippen molar-refractivity contribution in [1.29, 1.82) is 0 Å². The smallest absolute Gasteiger partial charge is 0.406 e. The molecule has 0 spiro atoms. The van der Waals surface area contributed by atoms with Crippen molar-refractivity contribution in [1.82, 2.24) is 9.47 Å². The SMILES string of the molecule is COCC(O)CN1CCC(Nc2cccc3c2cc(C#CCOc2ccc(SC)cc2N)n3CC(F)(F)F)CC1. The number of β-amino-alcohol motifs (C(OH)–C–C–N with tert-alkyl or cyclic N) is 1. The number of aromatic nitrogens is 1. The molecule has 2 aromatic carbocycles. The molecule has 0 amide bonds. The topological polar surface area (TPSA) is 84.9 Å². The van der Waals surface area contributed by atoms with Crippen molar-refractivity contribution in [3.8, 4) is 17.6 Å². The number of alkyl halides is 3. The number of nitrogens with one attached hydrogen (secondary N) is 1. The first-order chi connectivity index (χ1) is 19.2. The molecular weight excluding hydrogens is 541 g/mol. The quantitative estimate of drug-likeness (QED) is 0.181. The van der Waals surface area contributed by atoms with Gasteiger partial charge in [0.2, 0.25) is 0 Å². The van der Waals surface area contributed by atoms with E-state index in [4.69, 9.17) is 15.2 Å². The van der Waals surface area contributed by atoms with Gasteiger partial charge in [0.1, 0.15) is 18.9 Å². The van der Waals surface area contributed by atoms with Crippen molar-refractivity contribution in [3.63, 3.8) is 0 Å². The fourth-order valence-electron chi connectivity index (χ4n) is 4.91. The molecule has 0 bridgehead atoms. The molecular formula is C29H35F3N4O3S. The van der Waals surface area contributed by atoms with Gasteiger partial charge in [0, 0.05) is 48.8 Å². The molecule has 1 fully saturated rings. The number of benzene rings is 2. The van der Waals surface area contributed by atoms with Crippen LogP contribution in [0.25, 0.3) is 10.9 Å². The first-order valence-electron chi connectivity index (χ1n) is 13.1. The van der Waals surface area contributed by atoms with Crippen LogP contribution in [0.15, 0.2) is 47.4 Å². The summed E-state index contributed by atoms with van der Waals surface area (Å²) in [5, 5.41) is 14.2. The summed E-state index contributed by atoms with van der Waals surface area (Å²) in [7, 11) is 1.56. The molecule has 0 saturated carbocycles. The highest BCUT2D eigenvalue weighted by Crippen LogP contribution is 2.31. The summed E-state index contributed by atoms with van der Waals surface area (Å²) in [5.41, 5.74) is 8.01. The molecule has 1 atom stereocenters. The van der Waals surface area contributed by atoms with E-state index < -0.39 is 18.8 Å². The van der Waals surface area contributed by atoms with E-state index in [-0.39, 0.29) is 18.3 Å². The van der Waals surface area contributed by atoms with Crippen LogP contribution in [-0.2, 0) is 11.3 Å². The van der Waals surface area contributed by atoms with E-state index in [9.17, 15) is 18.3 Å². The maximum atomic E-state index is 13.5. The van der Waals surface area contributed by atoms with Crippen LogP contribution < -0.4 is 15.8 Å². The highest BCUT2D eigenvalue weighted by molar-refractivity contribution is 7.98. The number of hydrogen-bond donors (Lipinski definition) is 3. The van der Waals surface area contributed by atoms with Crippen LogP contribution in [-0.4, -0.2) is 79.1 Å². The van der Waals surface area contributed by atoms with E-state index in [0.29, 0.717) is 35.5 Å². The third-order valence-electron chi connectivity index (χ3n) is 6.79. The number of piperidine rings is 1. The van der Waals surface area contributed by atoms with Crippen molar-refractivity contribution in [2.45, 2.75) is 42.6 Å². The number of nitrogens with two attached hydrogens (primary N) is 1. The molecule has 7 nitrogen and oxygen atoms in total. The second kappa shape index (κ2) is 13.5. The summed E-state index contributed by atoms with van der Waals surface area (Å²) < 4.78 is 52.5. The molecule has 1 unspecified atom stereocenters. The Morgan fingerprint density at radius 1 is 1.20 bits per heavy atom. The van der Waals surface area contributed by atoms with E-state index >= 15 is 0 Å². The third-order valence-corrected chi connectivity index (χ3v) is 7.52. The van der Waals surface area contributed by atoms with Crippen LogP contribution in [0.3, 0.4) is 0 Å². The Hall–Kier alpha value is -3.04. The van der Waals surface area contributed by atoms with Gasteiger partial charge in [-0.2, -0.15) is 13.2 Å². The van der Waals surface area contributed by atoms with E-state index in [2.05, 4.69) is 22.1 Å². The zero-order valence-electron chi connectivity index (χ0n) is 22.6. The van der Waals surface area contributed by atoms with Crippen molar-refractivity contribution >= 4 is 34.0 Å². The summed E-state index contributed by atoms with van der Waals surface area (Å²) in [6, 6.07) is 12.6. The largest absolute Gasteiger partial charge is 0.479 e. The summed E-state index contributed by atoms with van der Waals surface area (Å²) in [5.74, 6) is 6.20. The summed E-state index contributed by atoms with van der Waals surface area (Å²) in [6.45, 7) is 1.31. The van der Waals surface area contributed by atoms with Crippen molar-refractivity contribution in [2.24, 2.45) is 0 Å². The minimum Gasteiger partial charge on any atom is -0.479 e. The standard InChI is InChI=1S/C29H35F3N4O3S/c1-38-18-22(37)17-35-12-10-20(11-13-35)34-26-6-3-7-27-24(26)15-21(36(27)19-29(30,31)32)5-4-14-39-28-9-8-23(40-2)16-25(28)33/h3,6-9,15-16,20,22,34,37H,10-14,17-19,33H2,1-2H3. The van der Waals surface area contributed by atoms with Gasteiger partial charge in [0.15, 0.2) is 0 Å². The Labute approximate surface area is 236 Å². The minimum absolute atomic E-state index is 0.0148. The van der Waals surface area contributed by atoms with Crippen molar-refractivity contribution in [2.75, 3.05) is 57.3 Å². The third kappa shape index (κ3) is 8.01. The van der Waals surface area contributed by atoms with Gasteiger partial charge in [-0.3, -0.25) is 0 Å². The molecule has 0 aliphatic carbocycles. The Bertz CT molecular complexity index is 1340. The molecule has 4 rings (SSSR count). The van der Waals surface area contributed by atoms with Gasteiger partial charge >= 0.3 is 6.18 Å². The predicted octanol–water partition coefficient (Wildman–Crippen LogP) is 4.82. The lowest BCUT2D eigenvalue weighted by Gasteiger charge is -2.34. The fourth-order valence-corrected chi connectivity index (χ4v) is 5.36. The lowest BCUT2D eigenvalue weighted by molar-refractivity contribution is -0.140. The second-order valence-electron chi connectivity index (χ2n) is 9.79. The molecule has 1 aromatic heterocycles. The molecule has 1 aliphatic rings. The molecule has 0 radical (unpaired) electrons. The highest BCUT2D eigenvalue weighted by atomic mass is 32.2. The first kappa shape index (κ1) is 29.9. The number of fused-ring (bicyclic) bond motifs is 1. The van der Waals surface area contributed by atoms with Gasteiger partial charge in [-0.1, -0.05) is 12.0 Å². The van der Waals surface area contributed by atoms with E-state index in [1.807, 2.05) is 18.4 Å². The molecule has 3 aromatic rings. The Morgan fingerprint density at radius 2 is 1.98 bits per heavy atom. The lowest BCUT2D eigenvalue weighted by Crippen LogP contribution is -2.43. The highest BCUT2D eigenvalue weighted by Gasteiger charge is 2.30. The van der Waals surface area contributed by atoms with Gasteiger partial charge in [0.25, 0.3) is 0 Å². The van der Waals surface area contributed by atoms with Crippen LogP contribution >= 0.6 is 11.8 Å². The molecule has 11 heteroatoms. The number of nitrogens with zero attached hydrogens (tertiary/aromatic N) is 2. The number of methoxy groups -OCH3 is 1. The number of likely N-dealkylation sites (tertiary alicyclic amines) is 1. The Kier molecular flexibility index (Phi) is 10.1. The molecule has 216 valence electrons. The fraction of sp³-hybridized carbons (Fsp3) is 0.448. The van der Waals surface area contributed by atoms with Gasteiger partial charge in [-0.05, 0) is 61.4 Å². The maximum Gasteiger partial charge on any atom is 0.406 e. The van der Waals surface area contributed by atoms with Crippen molar-refractivity contribution < 1.29 is 27.8 Å². The first-order valence-corrected chi connectivity index (χ1v) is 14.3. The summed E-state index contributed by atoms with van der Waals surface area (Å²) >= 11 is 1.56. The van der Waals surface area contributed by atoms with E-state index in [0.717, 1.165) is 36.5 Å². The molecule has 2 heterocycles. The maximum absolute atomic E-state index is 13.5. The number of thioether (sulfide) groups is 1. The monoisotopic (exact) mass is 576 g/mol. The number of hydrogen-bond acceptors (Lipinski definition) is 7. The van der Waals surface area contributed by atoms with Crippen LogP contribution in [0.4, 0.5) is 24.5 Å². The zero-order valence-corrected chi connectivity index (χ0v) is 23.4. The molecule has 4 N–H and O–H groups in total. The van der Waals surface area contributed by atoms with Crippen LogP contribution in [0.2, 0.25) is 0 Å². The minimum atomic E-state index is -4.41. The number of halogens is 3. The number of nitrogen functional groups attached to an aromatic ring is 1. The molecule has 40 heavy (non-hydrogen) atoms. The number of ether oxygens (including phenoxy) is 2. The van der Waals surface area contributed by atoms with Crippen LogP contribution in [0.1, 0.15) is 18.5 Å². The van der Waals surface area contributed by atoms with Gasteiger partial charge in [-0.25, -0.2) is 0 Å². The lowest BCUT2D eigenvalue weighted by atomic mass is 10.0. The van der Waals surface area contributed by atoms with Crippen molar-refractivity contribution in [3.05, 3.63) is 48.2 Å². The normalized spacial score (nSPS) is 15.6. The number of aliphatic hydroxyl groups is 1. The molecule has 1 saturated heterocycles. The summed E-state index contributed by atoms with van der Waals surface area (Å²) in [6.07, 6.45) is -1.29. The van der Waals surface area contributed by atoms with Gasteiger partial charge in [-0.15, -0.1) is 11.8 Å². The number of anilines is 2. The average molecular weight is 577 g/mol.